The molecule has 2 aliphatic heterocycles. The van der Waals surface area contributed by atoms with Gasteiger partial charge in [-0.05, 0) is 54.5 Å². The number of carbonyl (C=O) groups excluding carboxylic acids is 2. The van der Waals surface area contributed by atoms with Gasteiger partial charge in [-0.1, -0.05) is 11.8 Å². The summed E-state index contributed by atoms with van der Waals surface area (Å²) in [6.07, 6.45) is 2.39. The molecule has 0 saturated heterocycles. The highest BCUT2D eigenvalue weighted by Crippen LogP contribution is 2.45. The van der Waals surface area contributed by atoms with E-state index in [1.807, 2.05) is 34.1 Å². The number of esters is 1. The van der Waals surface area contributed by atoms with Crippen molar-refractivity contribution in [1.29, 1.82) is 0 Å². The van der Waals surface area contributed by atoms with Gasteiger partial charge in [0.1, 0.15) is 0 Å². The van der Waals surface area contributed by atoms with Crippen molar-refractivity contribution in [3.63, 3.8) is 0 Å². The average Bonchev–Trinajstić information content (AvgIpc) is 3.12. The first-order valence-corrected chi connectivity index (χ1v) is 10.8. The predicted octanol–water partition coefficient (Wildman–Crippen LogP) is 3.55. The van der Waals surface area contributed by atoms with Crippen molar-refractivity contribution in [2.45, 2.75) is 45.2 Å². The van der Waals surface area contributed by atoms with Crippen LogP contribution in [0.1, 0.15) is 44.7 Å². The third-order valence-corrected chi connectivity index (χ3v) is 6.23. The molecule has 3 aliphatic rings. The van der Waals surface area contributed by atoms with Crippen LogP contribution in [0.25, 0.3) is 0 Å². The third kappa shape index (κ3) is 3.68. The van der Waals surface area contributed by atoms with E-state index in [4.69, 9.17) is 4.74 Å². The Morgan fingerprint density at radius 1 is 1.41 bits per heavy atom. The van der Waals surface area contributed by atoms with Crippen molar-refractivity contribution < 1.29 is 14.3 Å². The average molecular weight is 404 g/mol. The summed E-state index contributed by atoms with van der Waals surface area (Å²) in [7, 11) is 0. The zero-order valence-corrected chi connectivity index (χ0v) is 16.9. The summed E-state index contributed by atoms with van der Waals surface area (Å²) in [6, 6.07) is 2.01. The minimum Gasteiger partial charge on any atom is -0.463 e. The molecule has 1 N–H and O–H groups in total. The number of amidine groups is 1. The molecule has 3 heterocycles. The summed E-state index contributed by atoms with van der Waals surface area (Å²) in [6.45, 7) is 3.95. The minimum atomic E-state index is -0.354. The lowest BCUT2D eigenvalue weighted by atomic mass is 9.96. The maximum absolute atomic E-state index is 12.7. The van der Waals surface area contributed by atoms with E-state index < -0.39 is 0 Å². The Morgan fingerprint density at radius 3 is 2.89 bits per heavy atom. The highest BCUT2D eigenvalue weighted by atomic mass is 32.2. The molecule has 1 aromatic heterocycles. The van der Waals surface area contributed by atoms with Crippen molar-refractivity contribution in [2.24, 2.45) is 4.99 Å². The van der Waals surface area contributed by atoms with E-state index in [0.29, 0.717) is 23.9 Å². The Kier molecular flexibility index (Phi) is 5.10. The van der Waals surface area contributed by atoms with Crippen molar-refractivity contribution in [2.75, 3.05) is 6.61 Å². The molecule has 1 aromatic rings. The summed E-state index contributed by atoms with van der Waals surface area (Å²) >= 11 is 3.07. The van der Waals surface area contributed by atoms with E-state index in [1.165, 1.54) is 11.8 Å². The second-order valence-electron chi connectivity index (χ2n) is 6.69. The first-order chi connectivity index (χ1) is 13.1. The molecule has 1 fully saturated rings. The standard InChI is InChI=1S/C19H21N3O3S2/c1-3-25-18(24)16-11(2)20-19-22(17(16)12-6-7-26-9-12)14(10-27-19)8-15(23)21-13-4-5-13/h6-7,9-10,13,17H,3-5,8H2,1-2H3,(H,21,23). The summed E-state index contributed by atoms with van der Waals surface area (Å²) in [4.78, 5) is 31.7. The van der Waals surface area contributed by atoms with Crippen LogP contribution >= 0.6 is 23.1 Å². The molecule has 0 radical (unpaired) electrons. The Bertz CT molecular complexity index is 854. The maximum atomic E-state index is 12.7. The molecule has 27 heavy (non-hydrogen) atoms. The number of thiophene rings is 1. The van der Waals surface area contributed by atoms with Crippen LogP contribution in [-0.2, 0) is 14.3 Å². The van der Waals surface area contributed by atoms with Crippen LogP contribution in [0.15, 0.2) is 44.2 Å². The second-order valence-corrected chi connectivity index (χ2v) is 8.31. The molecule has 1 saturated carbocycles. The van der Waals surface area contributed by atoms with Crippen LogP contribution in [0.2, 0.25) is 0 Å². The van der Waals surface area contributed by atoms with Gasteiger partial charge >= 0.3 is 5.97 Å². The van der Waals surface area contributed by atoms with Gasteiger partial charge in [-0.2, -0.15) is 11.3 Å². The van der Waals surface area contributed by atoms with E-state index >= 15 is 0 Å². The fraction of sp³-hybridized carbons (Fsp3) is 0.421. The first kappa shape index (κ1) is 18.3. The van der Waals surface area contributed by atoms with Crippen LogP contribution in [0.4, 0.5) is 0 Å². The number of aliphatic imine (C=N–C) groups is 1. The number of nitrogens with zero attached hydrogens (tertiary/aromatic N) is 2. The number of amides is 1. The van der Waals surface area contributed by atoms with Gasteiger partial charge in [0.2, 0.25) is 5.91 Å². The Labute approximate surface area is 166 Å². The first-order valence-electron chi connectivity index (χ1n) is 9.01. The van der Waals surface area contributed by atoms with Crippen LogP contribution in [0.5, 0.6) is 0 Å². The third-order valence-electron chi connectivity index (χ3n) is 4.64. The molecule has 4 rings (SSSR count). The lowest BCUT2D eigenvalue weighted by molar-refractivity contribution is -0.139. The minimum absolute atomic E-state index is 0.0126. The predicted molar refractivity (Wildman–Crippen MR) is 107 cm³/mol. The van der Waals surface area contributed by atoms with E-state index in [9.17, 15) is 9.59 Å². The molecule has 142 valence electrons. The van der Waals surface area contributed by atoms with Gasteiger partial charge in [0.25, 0.3) is 0 Å². The number of allylic oxidation sites excluding steroid dienone is 1. The van der Waals surface area contributed by atoms with E-state index in [-0.39, 0.29) is 24.3 Å². The van der Waals surface area contributed by atoms with Crippen molar-refractivity contribution in [3.8, 4) is 0 Å². The highest BCUT2D eigenvalue weighted by molar-refractivity contribution is 8.16. The summed E-state index contributed by atoms with van der Waals surface area (Å²) in [5.74, 6) is -0.341. The summed E-state index contributed by atoms with van der Waals surface area (Å²) in [5.41, 5.74) is 3.07. The molecule has 0 bridgehead atoms. The number of ether oxygens (including phenoxy) is 1. The molecule has 1 amide bonds. The molecule has 1 aliphatic carbocycles. The SMILES string of the molecule is CCOC(=O)C1=C(C)N=C2SC=C(CC(=O)NC3CC3)N2C1c1ccsc1. The molecule has 6 nitrogen and oxygen atoms in total. The number of fused-ring (bicyclic) bond motifs is 1. The van der Waals surface area contributed by atoms with Crippen LogP contribution < -0.4 is 5.32 Å². The monoisotopic (exact) mass is 403 g/mol. The summed E-state index contributed by atoms with van der Waals surface area (Å²) in [5, 5.41) is 9.82. The highest BCUT2D eigenvalue weighted by Gasteiger charge is 2.41. The number of hydrogen-bond acceptors (Lipinski definition) is 7. The number of rotatable bonds is 6. The smallest absolute Gasteiger partial charge is 0.338 e. The lowest BCUT2D eigenvalue weighted by Gasteiger charge is -2.35. The van der Waals surface area contributed by atoms with E-state index in [1.54, 1.807) is 18.3 Å². The zero-order valence-electron chi connectivity index (χ0n) is 15.2. The van der Waals surface area contributed by atoms with Gasteiger partial charge in [0.15, 0.2) is 5.17 Å². The number of nitrogens with one attached hydrogen (secondary N) is 1. The van der Waals surface area contributed by atoms with Crippen LogP contribution in [0, 0.1) is 0 Å². The normalized spacial score (nSPS) is 21.6. The van der Waals surface area contributed by atoms with Gasteiger partial charge in [0.05, 0.1) is 30.3 Å². The topological polar surface area (TPSA) is 71.0 Å². The molecule has 1 atom stereocenters. The van der Waals surface area contributed by atoms with Gasteiger partial charge in [-0.3, -0.25) is 4.79 Å². The van der Waals surface area contributed by atoms with Crippen molar-refractivity contribution in [1.82, 2.24) is 10.2 Å². The van der Waals surface area contributed by atoms with E-state index in [2.05, 4.69) is 10.3 Å². The van der Waals surface area contributed by atoms with Crippen molar-refractivity contribution in [3.05, 3.63) is 44.8 Å². The maximum Gasteiger partial charge on any atom is 0.338 e. The molecular formula is C19H21N3O3S2. The number of carbonyl (C=O) groups is 2. The van der Waals surface area contributed by atoms with Crippen LogP contribution in [0.3, 0.4) is 0 Å². The van der Waals surface area contributed by atoms with E-state index in [0.717, 1.165) is 29.3 Å². The number of hydrogen-bond donors (Lipinski definition) is 1. The Morgan fingerprint density at radius 2 is 2.22 bits per heavy atom. The van der Waals surface area contributed by atoms with Gasteiger partial charge in [-0.25, -0.2) is 9.79 Å². The fourth-order valence-electron chi connectivity index (χ4n) is 3.26. The molecule has 1 unspecified atom stereocenters. The quantitative estimate of drug-likeness (QED) is 0.736. The molecular weight excluding hydrogens is 382 g/mol. The summed E-state index contributed by atoms with van der Waals surface area (Å²) < 4.78 is 5.31. The fourth-order valence-corrected chi connectivity index (χ4v) is 4.90. The van der Waals surface area contributed by atoms with Crippen LogP contribution in [-0.4, -0.2) is 34.6 Å². The Balaban J connectivity index is 1.67. The lowest BCUT2D eigenvalue weighted by Crippen LogP contribution is -2.38. The van der Waals surface area contributed by atoms with Crippen molar-refractivity contribution >= 4 is 40.1 Å². The van der Waals surface area contributed by atoms with Gasteiger partial charge in [0, 0.05) is 11.7 Å². The molecule has 8 heteroatoms. The second kappa shape index (κ2) is 7.52. The Hall–Kier alpha value is -2.06. The molecule has 0 spiro atoms. The zero-order chi connectivity index (χ0) is 19.0. The van der Waals surface area contributed by atoms with Gasteiger partial charge < -0.3 is 15.0 Å². The molecule has 0 aromatic carbocycles. The van der Waals surface area contributed by atoms with Gasteiger partial charge in [-0.15, -0.1) is 0 Å². The number of thioether (sulfide) groups is 1. The largest absolute Gasteiger partial charge is 0.463 e.